The summed E-state index contributed by atoms with van der Waals surface area (Å²) in [6.07, 6.45) is 2.81. The Morgan fingerprint density at radius 1 is 1.42 bits per heavy atom. The van der Waals surface area contributed by atoms with E-state index in [1.807, 2.05) is 12.1 Å². The molecule has 0 aliphatic carbocycles. The highest BCUT2D eigenvalue weighted by molar-refractivity contribution is 5.51. The molecule has 0 aromatic heterocycles. The summed E-state index contributed by atoms with van der Waals surface area (Å²) in [6, 6.07) is 6.13. The van der Waals surface area contributed by atoms with Crippen molar-refractivity contribution in [2.45, 2.75) is 52.1 Å². The third-order valence-electron chi connectivity index (χ3n) is 4.13. The summed E-state index contributed by atoms with van der Waals surface area (Å²) in [5.41, 5.74) is 7.66. The minimum absolute atomic E-state index is 0.109. The number of nitrogens with two attached hydrogens (primary N) is 1. The minimum atomic E-state index is -0.109. The van der Waals surface area contributed by atoms with Crippen molar-refractivity contribution in [1.82, 2.24) is 0 Å². The number of hydrogen-bond acceptors (Lipinski definition) is 2. The van der Waals surface area contributed by atoms with Crippen molar-refractivity contribution in [1.29, 1.82) is 0 Å². The van der Waals surface area contributed by atoms with Gasteiger partial charge in [-0.25, -0.2) is 4.39 Å². The molecule has 3 unspecified atom stereocenters. The lowest BCUT2D eigenvalue weighted by Crippen LogP contribution is -2.27. The van der Waals surface area contributed by atoms with Gasteiger partial charge in [0.25, 0.3) is 0 Å². The summed E-state index contributed by atoms with van der Waals surface area (Å²) in [5, 5.41) is 0. The third kappa shape index (κ3) is 3.27. The first-order valence-corrected chi connectivity index (χ1v) is 7.31. The predicted molar refractivity (Wildman–Crippen MR) is 79.0 cm³/mol. The first-order valence-electron chi connectivity index (χ1n) is 7.31. The number of anilines is 1. The van der Waals surface area contributed by atoms with Crippen molar-refractivity contribution < 1.29 is 4.39 Å². The summed E-state index contributed by atoms with van der Waals surface area (Å²) in [5.74, 6) is 0.532. The normalized spacial score (nSPS) is 24.8. The second-order valence-corrected chi connectivity index (χ2v) is 6.00. The summed E-state index contributed by atoms with van der Waals surface area (Å²) >= 11 is 0. The second kappa shape index (κ2) is 5.91. The number of hydrogen-bond donors (Lipinski definition) is 1. The van der Waals surface area contributed by atoms with Gasteiger partial charge in [0.15, 0.2) is 0 Å². The van der Waals surface area contributed by atoms with E-state index in [1.54, 1.807) is 6.07 Å². The molecule has 2 rings (SSSR count). The zero-order chi connectivity index (χ0) is 14.0. The van der Waals surface area contributed by atoms with Crippen LogP contribution in [0.3, 0.4) is 0 Å². The zero-order valence-corrected chi connectivity index (χ0v) is 12.2. The minimum Gasteiger partial charge on any atom is -0.366 e. The SMILES string of the molecule is CCC(N)Cc1ccc(N2CC(C)CC2C)c(F)c1. The summed E-state index contributed by atoms with van der Waals surface area (Å²) in [6.45, 7) is 7.40. The largest absolute Gasteiger partial charge is 0.366 e. The molecule has 1 fully saturated rings. The number of halogens is 1. The molecule has 1 saturated heterocycles. The van der Waals surface area contributed by atoms with Crippen molar-refractivity contribution in [3.63, 3.8) is 0 Å². The molecule has 2 nitrogen and oxygen atoms in total. The van der Waals surface area contributed by atoms with Crippen LogP contribution in [0.25, 0.3) is 0 Å². The van der Waals surface area contributed by atoms with Gasteiger partial charge in [0.05, 0.1) is 5.69 Å². The average Bonchev–Trinajstić information content (AvgIpc) is 2.68. The lowest BCUT2D eigenvalue weighted by atomic mass is 10.0. The predicted octanol–water partition coefficient (Wildman–Crippen LogP) is 3.34. The van der Waals surface area contributed by atoms with Gasteiger partial charge in [-0.15, -0.1) is 0 Å². The highest BCUT2D eigenvalue weighted by atomic mass is 19.1. The molecule has 106 valence electrons. The molecule has 1 aromatic carbocycles. The number of rotatable bonds is 4. The van der Waals surface area contributed by atoms with Crippen LogP contribution in [0.1, 0.15) is 39.2 Å². The molecule has 1 heterocycles. The molecule has 1 aromatic rings. The van der Waals surface area contributed by atoms with Crippen LogP contribution >= 0.6 is 0 Å². The van der Waals surface area contributed by atoms with Crippen LogP contribution in [0.2, 0.25) is 0 Å². The van der Waals surface area contributed by atoms with E-state index in [-0.39, 0.29) is 11.9 Å². The Morgan fingerprint density at radius 3 is 2.68 bits per heavy atom. The van der Waals surface area contributed by atoms with E-state index >= 15 is 0 Å². The molecule has 19 heavy (non-hydrogen) atoms. The van der Waals surface area contributed by atoms with Crippen LogP contribution in [0.15, 0.2) is 18.2 Å². The molecule has 3 heteroatoms. The summed E-state index contributed by atoms with van der Waals surface area (Å²) in [4.78, 5) is 2.18. The maximum Gasteiger partial charge on any atom is 0.146 e. The van der Waals surface area contributed by atoms with Gasteiger partial charge >= 0.3 is 0 Å². The van der Waals surface area contributed by atoms with Crippen LogP contribution in [0, 0.1) is 11.7 Å². The first kappa shape index (κ1) is 14.3. The standard InChI is InChI=1S/C16H25FN2/c1-4-14(18)8-13-5-6-16(15(17)9-13)19-10-11(2)7-12(19)3/h5-6,9,11-12,14H,4,7-8,10,18H2,1-3H3. The van der Waals surface area contributed by atoms with Gasteiger partial charge in [0.2, 0.25) is 0 Å². The van der Waals surface area contributed by atoms with Crippen LogP contribution in [0.4, 0.5) is 10.1 Å². The monoisotopic (exact) mass is 264 g/mol. The summed E-state index contributed by atoms with van der Waals surface area (Å²) < 4.78 is 14.3. The molecular formula is C16H25FN2. The van der Waals surface area contributed by atoms with Crippen LogP contribution in [-0.2, 0) is 6.42 Å². The molecule has 0 amide bonds. The van der Waals surface area contributed by atoms with Gasteiger partial charge in [-0.3, -0.25) is 0 Å². The second-order valence-electron chi connectivity index (χ2n) is 6.00. The zero-order valence-electron chi connectivity index (χ0n) is 12.2. The van der Waals surface area contributed by atoms with Gasteiger partial charge in [-0.05, 0) is 49.8 Å². The molecule has 0 bridgehead atoms. The maximum absolute atomic E-state index is 14.3. The van der Waals surface area contributed by atoms with E-state index in [9.17, 15) is 4.39 Å². The van der Waals surface area contributed by atoms with E-state index in [4.69, 9.17) is 5.73 Å². The van der Waals surface area contributed by atoms with Crippen LogP contribution in [0.5, 0.6) is 0 Å². The van der Waals surface area contributed by atoms with Gasteiger partial charge in [-0.2, -0.15) is 0 Å². The molecule has 3 atom stereocenters. The fourth-order valence-corrected chi connectivity index (χ4v) is 2.99. The Morgan fingerprint density at radius 2 is 2.16 bits per heavy atom. The van der Waals surface area contributed by atoms with E-state index in [1.165, 1.54) is 0 Å². The average molecular weight is 264 g/mol. The van der Waals surface area contributed by atoms with Gasteiger partial charge in [0, 0.05) is 18.6 Å². The molecule has 0 saturated carbocycles. The molecule has 0 spiro atoms. The fraction of sp³-hybridized carbons (Fsp3) is 0.625. The Hall–Kier alpha value is -1.09. The number of benzene rings is 1. The third-order valence-corrected chi connectivity index (χ3v) is 4.13. The van der Waals surface area contributed by atoms with Crippen molar-refractivity contribution in [2.75, 3.05) is 11.4 Å². The Kier molecular flexibility index (Phi) is 4.46. The Bertz CT molecular complexity index is 433. The molecule has 1 aliphatic rings. The van der Waals surface area contributed by atoms with E-state index in [2.05, 4.69) is 25.7 Å². The lowest BCUT2D eigenvalue weighted by Gasteiger charge is -2.24. The molecule has 0 radical (unpaired) electrons. The van der Waals surface area contributed by atoms with Gasteiger partial charge in [-0.1, -0.05) is 19.9 Å². The van der Waals surface area contributed by atoms with Crippen molar-refractivity contribution >= 4 is 5.69 Å². The van der Waals surface area contributed by atoms with Gasteiger partial charge in [0.1, 0.15) is 5.82 Å². The lowest BCUT2D eigenvalue weighted by molar-refractivity contribution is 0.603. The van der Waals surface area contributed by atoms with E-state index in [0.29, 0.717) is 12.0 Å². The Balaban J connectivity index is 2.15. The highest BCUT2D eigenvalue weighted by Crippen LogP contribution is 2.31. The molecule has 1 aliphatic heterocycles. The smallest absolute Gasteiger partial charge is 0.146 e. The molecule has 2 N–H and O–H groups in total. The first-order chi connectivity index (χ1) is 9.01. The highest BCUT2D eigenvalue weighted by Gasteiger charge is 2.27. The maximum atomic E-state index is 14.3. The fourth-order valence-electron chi connectivity index (χ4n) is 2.99. The molecular weight excluding hydrogens is 239 g/mol. The Labute approximate surface area is 115 Å². The van der Waals surface area contributed by atoms with E-state index in [0.717, 1.165) is 37.1 Å². The topological polar surface area (TPSA) is 29.3 Å². The quantitative estimate of drug-likeness (QED) is 0.903. The van der Waals surface area contributed by atoms with E-state index < -0.39 is 0 Å². The summed E-state index contributed by atoms with van der Waals surface area (Å²) in [7, 11) is 0. The van der Waals surface area contributed by atoms with Crippen LogP contribution < -0.4 is 10.6 Å². The van der Waals surface area contributed by atoms with Crippen molar-refractivity contribution in [2.24, 2.45) is 11.7 Å². The van der Waals surface area contributed by atoms with Crippen molar-refractivity contribution in [3.8, 4) is 0 Å². The number of nitrogens with zero attached hydrogens (tertiary/aromatic N) is 1. The van der Waals surface area contributed by atoms with Gasteiger partial charge < -0.3 is 10.6 Å². The van der Waals surface area contributed by atoms with Crippen molar-refractivity contribution in [3.05, 3.63) is 29.6 Å². The van der Waals surface area contributed by atoms with Crippen LogP contribution in [-0.4, -0.2) is 18.6 Å².